The third-order valence-corrected chi connectivity index (χ3v) is 2.92. The fourth-order valence-electron chi connectivity index (χ4n) is 1.94. The van der Waals surface area contributed by atoms with Gasteiger partial charge in [0.15, 0.2) is 0 Å². The van der Waals surface area contributed by atoms with E-state index in [0.717, 1.165) is 28.5 Å². The number of benzene rings is 2. The maximum atomic E-state index is 9.80. The first-order valence-corrected chi connectivity index (χ1v) is 6.09. The first-order valence-electron chi connectivity index (χ1n) is 6.09. The Morgan fingerprint density at radius 2 is 1.76 bits per heavy atom. The zero-order valence-corrected chi connectivity index (χ0v) is 10.3. The molecule has 1 N–H and O–H groups in total. The summed E-state index contributed by atoms with van der Waals surface area (Å²) >= 11 is 0. The van der Waals surface area contributed by atoms with Crippen LogP contribution in [-0.4, -0.2) is 11.7 Å². The normalized spacial score (nSPS) is 12.6. The fraction of sp³-hybridized carbons (Fsp3) is 0.333. The Kier molecular flexibility index (Phi) is 3.64. The molecule has 0 aromatic heterocycles. The number of aliphatic hydroxyl groups excluding tert-OH is 1. The molecule has 0 spiro atoms. The van der Waals surface area contributed by atoms with Crippen LogP contribution in [0.1, 0.15) is 31.9 Å². The highest BCUT2D eigenvalue weighted by Gasteiger charge is 2.05. The molecule has 2 nitrogen and oxygen atoms in total. The van der Waals surface area contributed by atoms with E-state index in [1.54, 1.807) is 0 Å². The summed E-state index contributed by atoms with van der Waals surface area (Å²) in [7, 11) is 0. The maximum Gasteiger partial charge on any atom is 0.119 e. The van der Waals surface area contributed by atoms with Crippen molar-refractivity contribution in [2.75, 3.05) is 6.61 Å². The average molecular weight is 230 g/mol. The summed E-state index contributed by atoms with van der Waals surface area (Å²) in [4.78, 5) is 0. The van der Waals surface area contributed by atoms with Crippen LogP contribution in [0.15, 0.2) is 36.4 Å². The molecule has 2 aromatic rings. The van der Waals surface area contributed by atoms with E-state index in [2.05, 4.69) is 0 Å². The molecule has 90 valence electrons. The van der Waals surface area contributed by atoms with Crippen LogP contribution in [0.4, 0.5) is 0 Å². The summed E-state index contributed by atoms with van der Waals surface area (Å²) in [5.41, 5.74) is 0.976. The zero-order chi connectivity index (χ0) is 12.3. The number of aliphatic hydroxyl groups is 1. The molecule has 0 saturated heterocycles. The Labute approximate surface area is 102 Å². The van der Waals surface area contributed by atoms with Crippen molar-refractivity contribution in [1.29, 1.82) is 0 Å². The summed E-state index contributed by atoms with van der Waals surface area (Å²) in [5.74, 6) is 0.892. The van der Waals surface area contributed by atoms with Crippen molar-refractivity contribution in [2.24, 2.45) is 0 Å². The second-order valence-electron chi connectivity index (χ2n) is 4.13. The summed E-state index contributed by atoms with van der Waals surface area (Å²) in [6.07, 6.45) is 0.369. The molecule has 0 fully saturated rings. The molecule has 17 heavy (non-hydrogen) atoms. The van der Waals surface area contributed by atoms with Gasteiger partial charge in [0, 0.05) is 0 Å². The van der Waals surface area contributed by atoms with Crippen molar-refractivity contribution in [3.63, 3.8) is 0 Å². The third-order valence-electron chi connectivity index (χ3n) is 2.92. The summed E-state index contributed by atoms with van der Waals surface area (Å²) in [6.45, 7) is 4.64. The Hall–Kier alpha value is -1.54. The molecule has 0 aliphatic carbocycles. The van der Waals surface area contributed by atoms with Gasteiger partial charge >= 0.3 is 0 Å². The second-order valence-corrected chi connectivity index (χ2v) is 4.13. The van der Waals surface area contributed by atoms with Gasteiger partial charge in [-0.3, -0.25) is 0 Å². The van der Waals surface area contributed by atoms with Gasteiger partial charge in [-0.1, -0.05) is 25.1 Å². The lowest BCUT2D eigenvalue weighted by molar-refractivity contribution is 0.174. The maximum absolute atomic E-state index is 9.80. The Balaban J connectivity index is 2.39. The van der Waals surface area contributed by atoms with Crippen molar-refractivity contribution in [3.8, 4) is 5.75 Å². The van der Waals surface area contributed by atoms with Crippen LogP contribution in [0.2, 0.25) is 0 Å². The van der Waals surface area contributed by atoms with E-state index in [4.69, 9.17) is 4.74 Å². The molecule has 2 heteroatoms. The smallest absolute Gasteiger partial charge is 0.119 e. The van der Waals surface area contributed by atoms with Gasteiger partial charge in [0.05, 0.1) is 12.7 Å². The van der Waals surface area contributed by atoms with Crippen molar-refractivity contribution in [1.82, 2.24) is 0 Å². The highest BCUT2D eigenvalue weighted by atomic mass is 16.5. The summed E-state index contributed by atoms with van der Waals surface area (Å²) in [6, 6.07) is 12.1. The van der Waals surface area contributed by atoms with Crippen LogP contribution in [-0.2, 0) is 0 Å². The van der Waals surface area contributed by atoms with E-state index < -0.39 is 0 Å². The van der Waals surface area contributed by atoms with Gasteiger partial charge in [0.1, 0.15) is 5.75 Å². The first kappa shape index (κ1) is 11.9. The SMILES string of the molecule is CCOc1ccc2cc(C(O)CC)ccc2c1. The molecular weight excluding hydrogens is 212 g/mol. The molecule has 2 aromatic carbocycles. The molecule has 1 unspecified atom stereocenters. The van der Waals surface area contributed by atoms with Crippen LogP contribution in [0.3, 0.4) is 0 Å². The van der Waals surface area contributed by atoms with Gasteiger partial charge in [-0.05, 0) is 47.9 Å². The number of hydrogen-bond donors (Lipinski definition) is 1. The predicted octanol–water partition coefficient (Wildman–Crippen LogP) is 3.68. The molecule has 0 bridgehead atoms. The fourth-order valence-corrected chi connectivity index (χ4v) is 1.94. The van der Waals surface area contributed by atoms with Crippen LogP contribution >= 0.6 is 0 Å². The minimum Gasteiger partial charge on any atom is -0.494 e. The van der Waals surface area contributed by atoms with Crippen LogP contribution < -0.4 is 4.74 Å². The third kappa shape index (κ3) is 2.59. The Morgan fingerprint density at radius 1 is 1.06 bits per heavy atom. The van der Waals surface area contributed by atoms with Crippen LogP contribution in [0.25, 0.3) is 10.8 Å². The molecule has 0 saturated carbocycles. The van der Waals surface area contributed by atoms with Crippen molar-refractivity contribution < 1.29 is 9.84 Å². The highest BCUT2D eigenvalue weighted by molar-refractivity contribution is 5.84. The first-order chi connectivity index (χ1) is 8.24. The van der Waals surface area contributed by atoms with Gasteiger partial charge in [0.2, 0.25) is 0 Å². The highest BCUT2D eigenvalue weighted by Crippen LogP contribution is 2.25. The minimum atomic E-state index is -0.369. The molecule has 0 heterocycles. The van der Waals surface area contributed by atoms with Gasteiger partial charge < -0.3 is 9.84 Å². The van der Waals surface area contributed by atoms with Crippen molar-refractivity contribution in [2.45, 2.75) is 26.4 Å². The average Bonchev–Trinajstić information content (AvgIpc) is 2.37. The number of fused-ring (bicyclic) bond motifs is 1. The lowest BCUT2D eigenvalue weighted by atomic mass is 10.0. The minimum absolute atomic E-state index is 0.369. The van der Waals surface area contributed by atoms with E-state index in [1.807, 2.05) is 50.2 Å². The number of rotatable bonds is 4. The largest absolute Gasteiger partial charge is 0.494 e. The number of ether oxygens (including phenoxy) is 1. The molecular formula is C15H18O2. The standard InChI is InChI=1S/C15H18O2/c1-3-15(16)13-6-5-12-10-14(17-4-2)8-7-11(12)9-13/h5-10,15-16H,3-4H2,1-2H3. The van der Waals surface area contributed by atoms with Crippen LogP contribution in [0.5, 0.6) is 5.75 Å². The lowest BCUT2D eigenvalue weighted by Crippen LogP contribution is -1.95. The number of hydrogen-bond acceptors (Lipinski definition) is 2. The summed E-state index contributed by atoms with van der Waals surface area (Å²) in [5, 5.41) is 12.1. The molecule has 2 rings (SSSR count). The lowest BCUT2D eigenvalue weighted by Gasteiger charge is -2.10. The van der Waals surface area contributed by atoms with Crippen molar-refractivity contribution >= 4 is 10.8 Å². The van der Waals surface area contributed by atoms with Gasteiger partial charge in [-0.15, -0.1) is 0 Å². The van der Waals surface area contributed by atoms with Gasteiger partial charge in [-0.2, -0.15) is 0 Å². The Bertz CT molecular complexity index is 505. The molecule has 0 aliphatic rings. The van der Waals surface area contributed by atoms with E-state index in [9.17, 15) is 5.11 Å². The van der Waals surface area contributed by atoms with E-state index >= 15 is 0 Å². The van der Waals surface area contributed by atoms with Crippen LogP contribution in [0, 0.1) is 0 Å². The van der Waals surface area contributed by atoms with Crippen molar-refractivity contribution in [3.05, 3.63) is 42.0 Å². The molecule has 1 atom stereocenters. The van der Waals surface area contributed by atoms with Gasteiger partial charge in [-0.25, -0.2) is 0 Å². The quantitative estimate of drug-likeness (QED) is 0.868. The van der Waals surface area contributed by atoms with Gasteiger partial charge in [0.25, 0.3) is 0 Å². The van der Waals surface area contributed by atoms with E-state index in [1.165, 1.54) is 0 Å². The second kappa shape index (κ2) is 5.19. The molecule has 0 aliphatic heterocycles. The zero-order valence-electron chi connectivity index (χ0n) is 10.3. The predicted molar refractivity (Wildman–Crippen MR) is 70.4 cm³/mol. The molecule has 0 amide bonds. The summed E-state index contributed by atoms with van der Waals surface area (Å²) < 4.78 is 5.46. The topological polar surface area (TPSA) is 29.5 Å². The molecule has 0 radical (unpaired) electrons. The monoisotopic (exact) mass is 230 g/mol. The van der Waals surface area contributed by atoms with E-state index in [-0.39, 0.29) is 6.10 Å². The van der Waals surface area contributed by atoms with E-state index in [0.29, 0.717) is 6.61 Å². The Morgan fingerprint density at radius 3 is 2.47 bits per heavy atom.